The Kier molecular flexibility index (Phi) is 3.00. The van der Waals surface area contributed by atoms with Crippen LogP contribution >= 0.6 is 11.8 Å². The van der Waals surface area contributed by atoms with E-state index in [4.69, 9.17) is 9.52 Å². The van der Waals surface area contributed by atoms with Crippen LogP contribution in [0.4, 0.5) is 0 Å². The Bertz CT molecular complexity index is 504. The number of thioether (sulfide) groups is 1. The van der Waals surface area contributed by atoms with Crippen LogP contribution in [-0.2, 0) is 12.8 Å². The van der Waals surface area contributed by atoms with Crippen molar-refractivity contribution in [2.45, 2.75) is 10.6 Å². The van der Waals surface area contributed by atoms with Gasteiger partial charge < -0.3 is 9.52 Å². The van der Waals surface area contributed by atoms with Crippen LogP contribution in [0.5, 0.6) is 0 Å². The number of aromatic carboxylic acids is 1. The Morgan fingerprint density at radius 2 is 2.44 bits per heavy atom. The minimum Gasteiger partial charge on any atom is -0.475 e. The van der Waals surface area contributed by atoms with E-state index < -0.39 is 5.97 Å². The van der Waals surface area contributed by atoms with Crippen LogP contribution in [0.1, 0.15) is 16.3 Å². The van der Waals surface area contributed by atoms with Crippen LogP contribution in [0.15, 0.2) is 33.8 Å². The summed E-state index contributed by atoms with van der Waals surface area (Å²) in [7, 11) is 1.85. The molecule has 2 aromatic heterocycles. The molecule has 0 unspecified atom stereocenters. The summed E-state index contributed by atoms with van der Waals surface area (Å²) in [5, 5.41) is 12.7. The highest BCUT2D eigenvalue weighted by atomic mass is 32.2. The van der Waals surface area contributed by atoms with Gasteiger partial charge in [-0.2, -0.15) is 5.10 Å². The largest absolute Gasteiger partial charge is 0.475 e. The second kappa shape index (κ2) is 4.44. The molecule has 0 bridgehead atoms. The van der Waals surface area contributed by atoms with Gasteiger partial charge in [0.2, 0.25) is 5.76 Å². The van der Waals surface area contributed by atoms with E-state index in [2.05, 4.69) is 5.10 Å². The summed E-state index contributed by atoms with van der Waals surface area (Å²) in [6.45, 7) is 0. The van der Waals surface area contributed by atoms with Gasteiger partial charge in [-0.3, -0.25) is 4.68 Å². The standard InChI is InChI=1S/C10H10N2O3S/c1-12-5-8(4-11-12)16-6-7-2-3-9(15-7)10(13)14/h2-5H,6H2,1H3,(H,13,14). The first kappa shape index (κ1) is 10.8. The topological polar surface area (TPSA) is 68.3 Å². The maximum Gasteiger partial charge on any atom is 0.371 e. The summed E-state index contributed by atoms with van der Waals surface area (Å²) in [4.78, 5) is 11.6. The lowest BCUT2D eigenvalue weighted by molar-refractivity contribution is 0.0661. The third-order valence-corrected chi connectivity index (χ3v) is 2.91. The van der Waals surface area contributed by atoms with Crippen molar-refractivity contribution in [3.05, 3.63) is 36.0 Å². The van der Waals surface area contributed by atoms with Crippen LogP contribution in [0.3, 0.4) is 0 Å². The third kappa shape index (κ3) is 2.46. The van der Waals surface area contributed by atoms with Gasteiger partial charge in [0.25, 0.3) is 0 Å². The van der Waals surface area contributed by atoms with Crippen LogP contribution in [0, 0.1) is 0 Å². The van der Waals surface area contributed by atoms with Crippen LogP contribution in [0.25, 0.3) is 0 Å². The zero-order valence-electron chi connectivity index (χ0n) is 8.58. The van der Waals surface area contributed by atoms with Gasteiger partial charge in [0.05, 0.1) is 11.9 Å². The minimum atomic E-state index is -1.04. The number of aromatic nitrogens is 2. The number of nitrogens with zero attached hydrogens (tertiary/aromatic N) is 2. The van der Waals surface area contributed by atoms with Crippen molar-refractivity contribution in [3.8, 4) is 0 Å². The van der Waals surface area contributed by atoms with Gasteiger partial charge in [-0.1, -0.05) is 0 Å². The molecular formula is C10H10N2O3S. The van der Waals surface area contributed by atoms with Crippen molar-refractivity contribution in [1.82, 2.24) is 9.78 Å². The number of rotatable bonds is 4. The molecule has 0 aliphatic rings. The molecule has 0 aliphatic heterocycles. The molecule has 84 valence electrons. The van der Waals surface area contributed by atoms with E-state index in [1.807, 2.05) is 13.2 Å². The maximum absolute atomic E-state index is 10.6. The molecule has 2 heterocycles. The number of carbonyl (C=O) groups is 1. The van der Waals surface area contributed by atoms with Gasteiger partial charge in [-0.15, -0.1) is 11.8 Å². The molecule has 5 nitrogen and oxygen atoms in total. The average Bonchev–Trinajstić information content (AvgIpc) is 2.83. The molecule has 1 N–H and O–H groups in total. The SMILES string of the molecule is Cn1cc(SCc2ccc(C(=O)O)o2)cn1. The normalized spacial score (nSPS) is 10.6. The van der Waals surface area contributed by atoms with E-state index in [-0.39, 0.29) is 5.76 Å². The fourth-order valence-electron chi connectivity index (χ4n) is 1.20. The molecule has 0 saturated heterocycles. The molecule has 16 heavy (non-hydrogen) atoms. The second-order valence-corrected chi connectivity index (χ2v) is 4.26. The molecule has 0 aromatic carbocycles. The molecule has 6 heteroatoms. The van der Waals surface area contributed by atoms with E-state index in [9.17, 15) is 4.79 Å². The number of hydrogen-bond donors (Lipinski definition) is 1. The van der Waals surface area contributed by atoms with Gasteiger partial charge in [0, 0.05) is 18.1 Å². The van der Waals surface area contributed by atoms with Crippen molar-refractivity contribution in [2.75, 3.05) is 0 Å². The third-order valence-electron chi connectivity index (χ3n) is 1.93. The summed E-state index contributed by atoms with van der Waals surface area (Å²) < 4.78 is 6.84. The Morgan fingerprint density at radius 3 is 3.00 bits per heavy atom. The molecular weight excluding hydrogens is 228 g/mol. The van der Waals surface area contributed by atoms with Crippen molar-refractivity contribution in [1.29, 1.82) is 0 Å². The quantitative estimate of drug-likeness (QED) is 0.825. The van der Waals surface area contributed by atoms with Crippen molar-refractivity contribution in [2.24, 2.45) is 7.05 Å². The van der Waals surface area contributed by atoms with E-state index in [1.54, 1.807) is 28.7 Å². The number of carboxylic acid groups (broad SMARTS) is 1. The van der Waals surface area contributed by atoms with E-state index in [0.29, 0.717) is 11.5 Å². The summed E-state index contributed by atoms with van der Waals surface area (Å²) in [6.07, 6.45) is 3.65. The Hall–Kier alpha value is -1.69. The highest BCUT2D eigenvalue weighted by molar-refractivity contribution is 7.98. The lowest BCUT2D eigenvalue weighted by Crippen LogP contribution is -1.91. The highest BCUT2D eigenvalue weighted by Gasteiger charge is 2.09. The Labute approximate surface area is 96.1 Å². The number of furan rings is 1. The molecule has 0 radical (unpaired) electrons. The van der Waals surface area contributed by atoms with Gasteiger partial charge in [-0.05, 0) is 12.1 Å². The van der Waals surface area contributed by atoms with Crippen LogP contribution in [-0.4, -0.2) is 20.9 Å². The van der Waals surface area contributed by atoms with Crippen molar-refractivity contribution in [3.63, 3.8) is 0 Å². The first-order valence-electron chi connectivity index (χ1n) is 4.58. The predicted molar refractivity (Wildman–Crippen MR) is 58.4 cm³/mol. The number of carboxylic acids is 1. The van der Waals surface area contributed by atoms with Gasteiger partial charge in [-0.25, -0.2) is 4.79 Å². The Balaban J connectivity index is 1.97. The van der Waals surface area contributed by atoms with Gasteiger partial charge >= 0.3 is 5.97 Å². The lowest BCUT2D eigenvalue weighted by Gasteiger charge is -1.94. The maximum atomic E-state index is 10.6. The van der Waals surface area contributed by atoms with E-state index >= 15 is 0 Å². The molecule has 0 saturated carbocycles. The van der Waals surface area contributed by atoms with Crippen molar-refractivity contribution >= 4 is 17.7 Å². The number of aryl methyl sites for hydroxylation is 1. The zero-order chi connectivity index (χ0) is 11.5. The zero-order valence-corrected chi connectivity index (χ0v) is 9.40. The summed E-state index contributed by atoms with van der Waals surface area (Å²) >= 11 is 1.55. The molecule has 2 rings (SSSR count). The Morgan fingerprint density at radius 1 is 1.62 bits per heavy atom. The number of hydrogen-bond acceptors (Lipinski definition) is 4. The van der Waals surface area contributed by atoms with E-state index in [1.165, 1.54) is 6.07 Å². The molecule has 0 fully saturated rings. The molecule has 0 aliphatic carbocycles. The van der Waals surface area contributed by atoms with Crippen molar-refractivity contribution < 1.29 is 14.3 Å². The predicted octanol–water partition coefficient (Wildman–Crippen LogP) is 2.00. The molecule has 0 atom stereocenters. The summed E-state index contributed by atoms with van der Waals surface area (Å²) in [5.74, 6) is 0.171. The van der Waals surface area contributed by atoms with E-state index in [0.717, 1.165) is 4.90 Å². The summed E-state index contributed by atoms with van der Waals surface area (Å²) in [5.41, 5.74) is 0. The minimum absolute atomic E-state index is 0.0261. The first-order chi connectivity index (χ1) is 7.65. The second-order valence-electron chi connectivity index (χ2n) is 3.21. The smallest absolute Gasteiger partial charge is 0.371 e. The highest BCUT2D eigenvalue weighted by Crippen LogP contribution is 2.22. The first-order valence-corrected chi connectivity index (χ1v) is 5.57. The van der Waals surface area contributed by atoms with Crippen LogP contribution < -0.4 is 0 Å². The average molecular weight is 238 g/mol. The monoisotopic (exact) mass is 238 g/mol. The summed E-state index contributed by atoms with van der Waals surface area (Å²) in [6, 6.07) is 3.13. The lowest BCUT2D eigenvalue weighted by atomic mass is 10.4. The van der Waals surface area contributed by atoms with Gasteiger partial charge in [0.15, 0.2) is 0 Å². The fourth-order valence-corrected chi connectivity index (χ4v) is 2.01. The molecule has 2 aromatic rings. The fraction of sp³-hybridized carbons (Fsp3) is 0.200. The van der Waals surface area contributed by atoms with Crippen LogP contribution in [0.2, 0.25) is 0 Å². The molecule has 0 amide bonds. The molecule has 0 spiro atoms. The van der Waals surface area contributed by atoms with Gasteiger partial charge in [0.1, 0.15) is 5.76 Å².